The van der Waals surface area contributed by atoms with Crippen LogP contribution in [0.5, 0.6) is 0 Å². The van der Waals surface area contributed by atoms with Gasteiger partial charge in [0.05, 0.1) is 10.3 Å². The van der Waals surface area contributed by atoms with Crippen molar-refractivity contribution in [3.05, 3.63) is 27.9 Å². The normalized spacial score (nSPS) is 10.5. The maximum Gasteiger partial charge on any atom is 0.289 e. The van der Waals surface area contributed by atoms with Gasteiger partial charge in [-0.15, -0.1) is 0 Å². The molecule has 0 atom stereocenters. The van der Waals surface area contributed by atoms with Crippen molar-refractivity contribution in [1.82, 2.24) is 10.3 Å². The molecule has 1 aromatic rings. The number of amides is 1. The van der Waals surface area contributed by atoms with E-state index >= 15 is 0 Å². The lowest BCUT2D eigenvalue weighted by Crippen LogP contribution is -2.39. The highest BCUT2D eigenvalue weighted by atomic mass is 16.6. The minimum atomic E-state index is -0.703. The van der Waals surface area contributed by atoms with Crippen LogP contribution >= 0.6 is 0 Å². The van der Waals surface area contributed by atoms with Crippen LogP contribution in [0, 0.1) is 26.9 Å². The lowest BCUT2D eigenvalue weighted by Gasteiger charge is -2.23. The van der Waals surface area contributed by atoms with E-state index in [1.165, 1.54) is 7.05 Å². The molecule has 2 N–H and O–H groups in total. The van der Waals surface area contributed by atoms with Crippen LogP contribution in [0.1, 0.15) is 19.4 Å². The van der Waals surface area contributed by atoms with Crippen molar-refractivity contribution >= 4 is 17.4 Å². The Balaban J connectivity index is 2.92. The molecule has 0 aromatic carbocycles. The predicted octanol–water partition coefficient (Wildman–Crippen LogP) is 1.05. The third-order valence-corrected chi connectivity index (χ3v) is 2.74. The first-order valence-electron chi connectivity index (χ1n) is 5.82. The molecule has 0 saturated carbocycles. The van der Waals surface area contributed by atoms with Crippen LogP contribution < -0.4 is 10.6 Å². The molecule has 8 nitrogen and oxygen atoms in total. The van der Waals surface area contributed by atoms with Gasteiger partial charge in [0.25, 0.3) is 5.69 Å². The van der Waals surface area contributed by atoms with Gasteiger partial charge in [-0.2, -0.15) is 5.26 Å². The van der Waals surface area contributed by atoms with Gasteiger partial charge in [0, 0.05) is 19.7 Å². The van der Waals surface area contributed by atoms with E-state index in [1.807, 2.05) is 6.07 Å². The SMILES string of the molecule is CNC(=O)C(C)(C)CNc1ncc([N+](=O)[O-])cc1C#N. The van der Waals surface area contributed by atoms with Gasteiger partial charge in [-0.1, -0.05) is 0 Å². The van der Waals surface area contributed by atoms with E-state index in [0.29, 0.717) is 0 Å². The number of nitriles is 1. The number of anilines is 1. The second-order valence-corrected chi connectivity index (χ2v) is 4.78. The Bertz CT molecular complexity index is 577. The number of hydrogen-bond acceptors (Lipinski definition) is 6. The Kier molecular flexibility index (Phi) is 4.59. The average Bonchev–Trinajstić information content (AvgIpc) is 2.43. The van der Waals surface area contributed by atoms with E-state index in [0.717, 1.165) is 12.3 Å². The Morgan fingerprint density at radius 2 is 2.25 bits per heavy atom. The molecule has 0 aliphatic rings. The molecule has 0 aliphatic carbocycles. The zero-order valence-electron chi connectivity index (χ0n) is 11.4. The van der Waals surface area contributed by atoms with Gasteiger partial charge in [0.2, 0.25) is 5.91 Å². The van der Waals surface area contributed by atoms with Crippen molar-refractivity contribution in [3.8, 4) is 6.07 Å². The van der Waals surface area contributed by atoms with Gasteiger partial charge >= 0.3 is 0 Å². The summed E-state index contributed by atoms with van der Waals surface area (Å²) in [6.07, 6.45) is 1.07. The van der Waals surface area contributed by atoms with Crippen LogP contribution in [-0.2, 0) is 4.79 Å². The van der Waals surface area contributed by atoms with Crippen LogP contribution in [0.4, 0.5) is 11.5 Å². The lowest BCUT2D eigenvalue weighted by molar-refractivity contribution is -0.385. The summed E-state index contributed by atoms with van der Waals surface area (Å²) in [6, 6.07) is 2.98. The predicted molar refractivity (Wildman–Crippen MR) is 71.9 cm³/mol. The first kappa shape index (κ1) is 15.4. The highest BCUT2D eigenvalue weighted by Gasteiger charge is 2.27. The van der Waals surface area contributed by atoms with E-state index in [-0.39, 0.29) is 29.5 Å². The fraction of sp³-hybridized carbons (Fsp3) is 0.417. The summed E-state index contributed by atoms with van der Waals surface area (Å²) >= 11 is 0. The van der Waals surface area contributed by atoms with Crippen molar-refractivity contribution in [2.45, 2.75) is 13.8 Å². The molecule has 0 unspecified atom stereocenters. The molecule has 1 heterocycles. The molecule has 0 aliphatic heterocycles. The lowest BCUT2D eigenvalue weighted by atomic mass is 9.92. The van der Waals surface area contributed by atoms with Gasteiger partial charge in [-0.3, -0.25) is 14.9 Å². The summed E-state index contributed by atoms with van der Waals surface area (Å²) in [5.41, 5.74) is -0.894. The molecule has 20 heavy (non-hydrogen) atoms. The molecule has 1 rings (SSSR count). The molecule has 0 saturated heterocycles. The number of aromatic nitrogens is 1. The molecule has 0 radical (unpaired) electrons. The number of nitrogens with zero attached hydrogens (tertiary/aromatic N) is 3. The van der Waals surface area contributed by atoms with Crippen LogP contribution in [0.2, 0.25) is 0 Å². The standard InChI is InChI=1S/C12H15N5O3/c1-12(2,11(18)14-3)7-16-10-8(5-13)4-9(6-15-10)17(19)20/h4,6H,7H2,1-3H3,(H,14,18)(H,15,16). The molecule has 106 valence electrons. The fourth-order valence-electron chi connectivity index (χ4n) is 1.50. The highest BCUT2D eigenvalue weighted by molar-refractivity contribution is 5.82. The molecular weight excluding hydrogens is 262 g/mol. The minimum absolute atomic E-state index is 0.0620. The number of rotatable bonds is 5. The monoisotopic (exact) mass is 277 g/mol. The summed E-state index contributed by atoms with van der Waals surface area (Å²) in [4.78, 5) is 25.5. The average molecular weight is 277 g/mol. The summed E-state index contributed by atoms with van der Waals surface area (Å²) in [5.74, 6) is 0.0560. The minimum Gasteiger partial charge on any atom is -0.368 e. The Morgan fingerprint density at radius 1 is 1.60 bits per heavy atom. The zero-order chi connectivity index (χ0) is 15.3. The van der Waals surface area contributed by atoms with Crippen molar-refractivity contribution in [3.63, 3.8) is 0 Å². The quantitative estimate of drug-likeness (QED) is 0.612. The van der Waals surface area contributed by atoms with Crippen molar-refractivity contribution < 1.29 is 9.72 Å². The molecule has 0 bridgehead atoms. The zero-order valence-corrected chi connectivity index (χ0v) is 11.4. The van der Waals surface area contributed by atoms with Gasteiger partial charge in [-0.05, 0) is 13.8 Å². The van der Waals surface area contributed by atoms with Gasteiger partial charge in [0.15, 0.2) is 0 Å². The summed E-state index contributed by atoms with van der Waals surface area (Å²) in [7, 11) is 1.54. The molecule has 0 spiro atoms. The summed E-state index contributed by atoms with van der Waals surface area (Å²) in [6.45, 7) is 3.71. The number of hydrogen-bond donors (Lipinski definition) is 2. The molecule has 8 heteroatoms. The second-order valence-electron chi connectivity index (χ2n) is 4.78. The fourth-order valence-corrected chi connectivity index (χ4v) is 1.50. The first-order valence-corrected chi connectivity index (χ1v) is 5.82. The van der Waals surface area contributed by atoms with Crippen molar-refractivity contribution in [2.24, 2.45) is 5.41 Å². The number of pyridine rings is 1. The first-order chi connectivity index (χ1) is 9.31. The van der Waals surface area contributed by atoms with Gasteiger partial charge in [0.1, 0.15) is 23.6 Å². The summed E-state index contributed by atoms with van der Waals surface area (Å²) < 4.78 is 0. The maximum absolute atomic E-state index is 11.6. The number of nitrogens with one attached hydrogen (secondary N) is 2. The second kappa shape index (κ2) is 5.97. The van der Waals surface area contributed by atoms with E-state index in [1.54, 1.807) is 13.8 Å². The largest absolute Gasteiger partial charge is 0.368 e. The molecule has 1 amide bonds. The van der Waals surface area contributed by atoms with Crippen LogP contribution in [0.3, 0.4) is 0 Å². The van der Waals surface area contributed by atoms with Gasteiger partial charge < -0.3 is 10.6 Å². The van der Waals surface area contributed by atoms with Gasteiger partial charge in [-0.25, -0.2) is 4.98 Å². The third-order valence-electron chi connectivity index (χ3n) is 2.74. The van der Waals surface area contributed by atoms with E-state index in [2.05, 4.69) is 15.6 Å². The Morgan fingerprint density at radius 3 is 2.75 bits per heavy atom. The third kappa shape index (κ3) is 3.41. The molecule has 0 fully saturated rings. The number of nitro groups is 1. The number of carbonyl (C=O) groups is 1. The Labute approximate surface area is 116 Å². The van der Waals surface area contributed by atoms with Crippen molar-refractivity contribution in [2.75, 3.05) is 18.9 Å². The van der Waals surface area contributed by atoms with E-state index in [9.17, 15) is 14.9 Å². The number of carbonyl (C=O) groups excluding carboxylic acids is 1. The maximum atomic E-state index is 11.6. The van der Waals surface area contributed by atoms with Crippen LogP contribution in [0.15, 0.2) is 12.3 Å². The smallest absolute Gasteiger partial charge is 0.289 e. The van der Waals surface area contributed by atoms with Crippen molar-refractivity contribution in [1.29, 1.82) is 5.26 Å². The highest BCUT2D eigenvalue weighted by Crippen LogP contribution is 2.21. The molecular formula is C12H15N5O3. The van der Waals surface area contributed by atoms with Crippen LogP contribution in [-0.4, -0.2) is 29.4 Å². The van der Waals surface area contributed by atoms with Crippen LogP contribution in [0.25, 0.3) is 0 Å². The topological polar surface area (TPSA) is 121 Å². The molecule has 1 aromatic heterocycles. The van der Waals surface area contributed by atoms with E-state index < -0.39 is 10.3 Å². The Hall–Kier alpha value is -2.69. The van der Waals surface area contributed by atoms with E-state index in [4.69, 9.17) is 5.26 Å². The summed E-state index contributed by atoms with van der Waals surface area (Å²) in [5, 5.41) is 25.0.